The molecule has 1 aromatic rings. The van der Waals surface area contributed by atoms with E-state index < -0.39 is 34.0 Å². The molecule has 0 fully saturated rings. The molecule has 0 bridgehead atoms. The van der Waals surface area contributed by atoms with Crippen molar-refractivity contribution in [3.63, 3.8) is 0 Å². The number of rotatable bonds is 8. The third kappa shape index (κ3) is 6.12. The standard InChI is InChI=1S/C16H23N3O6S/c1-9(2)14(16(22)23)18-15(21)10(3)19-26(24,25)13-7-5-12(6-8-13)17-11(4)20/h5-10,14,19H,1-4H3,(H,17,20)(H,18,21)(H,22,23)/t10?,14-/m0/s1. The molecule has 2 amide bonds. The highest BCUT2D eigenvalue weighted by molar-refractivity contribution is 7.89. The van der Waals surface area contributed by atoms with Crippen LogP contribution in [0.3, 0.4) is 0 Å². The predicted octanol–water partition coefficient (Wildman–Crippen LogP) is 0.537. The summed E-state index contributed by atoms with van der Waals surface area (Å²) in [6, 6.07) is 3.11. The van der Waals surface area contributed by atoms with Gasteiger partial charge in [0.25, 0.3) is 0 Å². The number of sulfonamides is 1. The maximum atomic E-state index is 12.3. The van der Waals surface area contributed by atoms with Gasteiger partial charge in [0.15, 0.2) is 0 Å². The Morgan fingerprint density at radius 3 is 2.00 bits per heavy atom. The minimum atomic E-state index is -4.00. The summed E-state index contributed by atoms with van der Waals surface area (Å²) in [4.78, 5) is 34.1. The maximum Gasteiger partial charge on any atom is 0.326 e. The summed E-state index contributed by atoms with van der Waals surface area (Å²) in [6.45, 7) is 5.90. The van der Waals surface area contributed by atoms with Crippen LogP contribution in [0.4, 0.5) is 5.69 Å². The molecule has 1 rings (SSSR count). The molecule has 144 valence electrons. The van der Waals surface area contributed by atoms with E-state index in [0.717, 1.165) is 0 Å². The van der Waals surface area contributed by atoms with Gasteiger partial charge in [-0.2, -0.15) is 4.72 Å². The Bertz CT molecular complexity index is 774. The van der Waals surface area contributed by atoms with Crippen molar-refractivity contribution in [3.05, 3.63) is 24.3 Å². The van der Waals surface area contributed by atoms with Crippen molar-refractivity contribution in [1.29, 1.82) is 0 Å². The highest BCUT2D eigenvalue weighted by Gasteiger charge is 2.28. The number of carboxylic acid groups (broad SMARTS) is 1. The first-order valence-corrected chi connectivity index (χ1v) is 9.35. The van der Waals surface area contributed by atoms with E-state index in [4.69, 9.17) is 5.11 Å². The molecule has 0 aliphatic heterocycles. The number of nitrogens with one attached hydrogen (secondary N) is 3. The van der Waals surface area contributed by atoms with E-state index in [2.05, 4.69) is 15.4 Å². The van der Waals surface area contributed by atoms with Crippen LogP contribution in [0.15, 0.2) is 29.2 Å². The molecule has 1 aromatic carbocycles. The van der Waals surface area contributed by atoms with Gasteiger partial charge in [-0.3, -0.25) is 9.59 Å². The van der Waals surface area contributed by atoms with E-state index in [1.165, 1.54) is 38.1 Å². The molecule has 0 saturated heterocycles. The van der Waals surface area contributed by atoms with Crippen LogP contribution in [-0.4, -0.2) is 43.4 Å². The fourth-order valence-corrected chi connectivity index (χ4v) is 3.27. The third-order valence-electron chi connectivity index (χ3n) is 3.44. The molecule has 0 radical (unpaired) electrons. The fourth-order valence-electron chi connectivity index (χ4n) is 2.07. The van der Waals surface area contributed by atoms with E-state index in [0.29, 0.717) is 5.69 Å². The molecule has 10 heteroatoms. The fraction of sp³-hybridized carbons (Fsp3) is 0.438. The molecular formula is C16H23N3O6S. The SMILES string of the molecule is CC(=O)Nc1ccc(S(=O)(=O)NC(C)C(=O)N[C@H](C(=O)O)C(C)C)cc1. The number of carbonyl (C=O) groups excluding carboxylic acids is 2. The maximum absolute atomic E-state index is 12.3. The van der Waals surface area contributed by atoms with Crippen LogP contribution in [0.1, 0.15) is 27.7 Å². The van der Waals surface area contributed by atoms with E-state index in [-0.39, 0.29) is 16.7 Å². The third-order valence-corrected chi connectivity index (χ3v) is 5.00. The number of benzene rings is 1. The summed E-state index contributed by atoms with van der Waals surface area (Å²) in [5.41, 5.74) is 0.434. The predicted molar refractivity (Wildman–Crippen MR) is 94.9 cm³/mol. The summed E-state index contributed by atoms with van der Waals surface area (Å²) >= 11 is 0. The largest absolute Gasteiger partial charge is 0.480 e. The van der Waals surface area contributed by atoms with Crippen molar-refractivity contribution < 1.29 is 27.9 Å². The van der Waals surface area contributed by atoms with Crippen LogP contribution in [0, 0.1) is 5.92 Å². The number of hydrogen-bond acceptors (Lipinski definition) is 5. The summed E-state index contributed by atoms with van der Waals surface area (Å²) in [5.74, 6) is -2.59. The Balaban J connectivity index is 2.83. The molecule has 0 heterocycles. The first-order valence-electron chi connectivity index (χ1n) is 7.87. The van der Waals surface area contributed by atoms with Crippen LogP contribution in [0.2, 0.25) is 0 Å². The van der Waals surface area contributed by atoms with Gasteiger partial charge in [0, 0.05) is 12.6 Å². The van der Waals surface area contributed by atoms with Crippen molar-refractivity contribution in [3.8, 4) is 0 Å². The smallest absolute Gasteiger partial charge is 0.326 e. The van der Waals surface area contributed by atoms with Crippen LogP contribution in [0.25, 0.3) is 0 Å². The van der Waals surface area contributed by atoms with Crippen molar-refractivity contribution in [2.45, 2.75) is 44.7 Å². The first-order chi connectivity index (χ1) is 11.9. The van der Waals surface area contributed by atoms with Crippen LogP contribution < -0.4 is 15.4 Å². The highest BCUT2D eigenvalue weighted by atomic mass is 32.2. The Kier molecular flexibility index (Phi) is 7.28. The van der Waals surface area contributed by atoms with Crippen LogP contribution >= 0.6 is 0 Å². The van der Waals surface area contributed by atoms with Crippen molar-refractivity contribution in [2.24, 2.45) is 5.92 Å². The Morgan fingerprint density at radius 1 is 1.04 bits per heavy atom. The average Bonchev–Trinajstić information content (AvgIpc) is 2.51. The van der Waals surface area contributed by atoms with Crippen molar-refractivity contribution in [1.82, 2.24) is 10.0 Å². The normalized spacial score (nSPS) is 13.7. The molecule has 0 aromatic heterocycles. The topological polar surface area (TPSA) is 142 Å². The van der Waals surface area contributed by atoms with E-state index >= 15 is 0 Å². The minimum Gasteiger partial charge on any atom is -0.480 e. The van der Waals surface area contributed by atoms with Gasteiger partial charge < -0.3 is 15.7 Å². The number of hydrogen-bond donors (Lipinski definition) is 4. The second kappa shape index (κ2) is 8.77. The van der Waals surface area contributed by atoms with Gasteiger partial charge in [0.1, 0.15) is 6.04 Å². The van der Waals surface area contributed by atoms with Gasteiger partial charge in [-0.15, -0.1) is 0 Å². The molecule has 0 aliphatic carbocycles. The van der Waals surface area contributed by atoms with Gasteiger partial charge >= 0.3 is 5.97 Å². The molecule has 4 N–H and O–H groups in total. The van der Waals surface area contributed by atoms with Gasteiger partial charge in [-0.05, 0) is 37.1 Å². The van der Waals surface area contributed by atoms with Crippen molar-refractivity contribution in [2.75, 3.05) is 5.32 Å². The monoisotopic (exact) mass is 385 g/mol. The molecule has 0 saturated carbocycles. The van der Waals surface area contributed by atoms with Crippen LogP contribution in [0.5, 0.6) is 0 Å². The number of anilines is 1. The van der Waals surface area contributed by atoms with Gasteiger partial charge in [0.2, 0.25) is 21.8 Å². The van der Waals surface area contributed by atoms with Crippen LogP contribution in [-0.2, 0) is 24.4 Å². The lowest BCUT2D eigenvalue weighted by molar-refractivity contribution is -0.143. The van der Waals surface area contributed by atoms with E-state index in [9.17, 15) is 22.8 Å². The summed E-state index contributed by atoms with van der Waals surface area (Å²) in [7, 11) is -4.00. The number of carbonyl (C=O) groups is 3. The number of carboxylic acids is 1. The molecule has 9 nitrogen and oxygen atoms in total. The lowest BCUT2D eigenvalue weighted by atomic mass is 10.0. The second-order valence-electron chi connectivity index (χ2n) is 6.12. The van der Waals surface area contributed by atoms with E-state index in [1.54, 1.807) is 13.8 Å². The first kappa shape index (κ1) is 21.6. The molecule has 0 spiro atoms. The summed E-state index contributed by atoms with van der Waals surface area (Å²) in [6.07, 6.45) is 0. The Morgan fingerprint density at radius 2 is 1.58 bits per heavy atom. The lowest BCUT2D eigenvalue weighted by Crippen LogP contribution is -2.51. The van der Waals surface area contributed by atoms with Gasteiger partial charge in [0.05, 0.1) is 10.9 Å². The minimum absolute atomic E-state index is 0.0927. The Hall–Kier alpha value is -2.46. The summed E-state index contributed by atoms with van der Waals surface area (Å²) in [5, 5.41) is 13.9. The molecule has 1 unspecified atom stereocenters. The quantitative estimate of drug-likeness (QED) is 0.514. The van der Waals surface area contributed by atoms with E-state index in [1.807, 2.05) is 0 Å². The van der Waals surface area contributed by atoms with Gasteiger partial charge in [-0.25, -0.2) is 13.2 Å². The number of aliphatic carboxylic acids is 1. The zero-order valence-corrected chi connectivity index (χ0v) is 15.8. The molecular weight excluding hydrogens is 362 g/mol. The number of amides is 2. The average molecular weight is 385 g/mol. The zero-order valence-electron chi connectivity index (χ0n) is 14.9. The highest BCUT2D eigenvalue weighted by Crippen LogP contribution is 2.14. The summed E-state index contributed by atoms with van der Waals surface area (Å²) < 4.78 is 26.9. The zero-order chi connectivity index (χ0) is 20.1. The Labute approximate surface area is 152 Å². The molecule has 26 heavy (non-hydrogen) atoms. The van der Waals surface area contributed by atoms with Gasteiger partial charge in [-0.1, -0.05) is 13.8 Å². The van der Waals surface area contributed by atoms with Crippen molar-refractivity contribution >= 4 is 33.5 Å². The second-order valence-corrected chi connectivity index (χ2v) is 7.83. The lowest BCUT2D eigenvalue weighted by Gasteiger charge is -2.21. The molecule has 2 atom stereocenters. The molecule has 0 aliphatic rings.